The number of nitrogens with zero attached hydrogens (tertiary/aromatic N) is 5. The zero-order chi connectivity index (χ0) is 25.4. The van der Waals surface area contributed by atoms with Crippen LogP contribution in [-0.2, 0) is 23.5 Å². The molecule has 1 N–H and O–H groups in total. The second kappa shape index (κ2) is 9.96. The Morgan fingerprint density at radius 2 is 1.91 bits per heavy atom. The van der Waals surface area contributed by atoms with Crippen molar-refractivity contribution in [3.8, 4) is 17.1 Å². The molecule has 0 aliphatic carbocycles. The zero-order valence-corrected chi connectivity index (χ0v) is 22.8. The number of aromatic nitrogens is 4. The third-order valence-electron chi connectivity index (χ3n) is 6.95. The SMILES string of the molecule is CCCc1nn(C)c2c(=S)nc(-c3cc(S(=O)(=O)N4CC[N+](C)(CC)CC4)ccc3OCC)[nH]c12. The summed E-state index contributed by atoms with van der Waals surface area (Å²) >= 11 is 5.61. The minimum Gasteiger partial charge on any atom is -0.493 e. The minimum atomic E-state index is -3.66. The molecule has 1 saturated heterocycles. The van der Waals surface area contributed by atoms with Crippen LogP contribution in [0.5, 0.6) is 5.75 Å². The van der Waals surface area contributed by atoms with Gasteiger partial charge in [0, 0.05) is 7.05 Å². The van der Waals surface area contributed by atoms with E-state index in [2.05, 4.69) is 36.0 Å². The van der Waals surface area contributed by atoms with Crippen LogP contribution in [-0.4, -0.2) is 83.3 Å². The Hall–Kier alpha value is -2.34. The topological polar surface area (TPSA) is 93.1 Å². The molecule has 11 heteroatoms. The summed E-state index contributed by atoms with van der Waals surface area (Å²) in [5.74, 6) is 1.03. The molecule has 3 heterocycles. The maximum atomic E-state index is 13.6. The molecule has 2 aromatic heterocycles. The first-order valence-corrected chi connectivity index (χ1v) is 14.0. The first-order valence-electron chi connectivity index (χ1n) is 12.2. The molecule has 35 heavy (non-hydrogen) atoms. The lowest BCUT2D eigenvalue weighted by Crippen LogP contribution is -2.58. The zero-order valence-electron chi connectivity index (χ0n) is 21.2. The normalized spacial score (nSPS) is 16.6. The summed E-state index contributed by atoms with van der Waals surface area (Å²) in [5, 5.41) is 4.61. The van der Waals surface area contributed by atoms with Crippen molar-refractivity contribution in [1.82, 2.24) is 24.1 Å². The number of sulfonamides is 1. The summed E-state index contributed by atoms with van der Waals surface area (Å²) in [6.45, 7) is 10.2. The molecule has 9 nitrogen and oxygen atoms in total. The molecule has 1 fully saturated rings. The summed E-state index contributed by atoms with van der Waals surface area (Å²) in [7, 11) is 0.364. The third kappa shape index (κ3) is 4.87. The maximum Gasteiger partial charge on any atom is 0.243 e. The van der Waals surface area contributed by atoms with Gasteiger partial charge in [0.15, 0.2) is 4.64 Å². The Kier molecular flexibility index (Phi) is 7.33. The van der Waals surface area contributed by atoms with Crippen molar-refractivity contribution >= 4 is 33.3 Å². The third-order valence-corrected chi connectivity index (χ3v) is 9.13. The average molecular weight is 520 g/mol. The van der Waals surface area contributed by atoms with E-state index in [1.54, 1.807) is 27.2 Å². The molecule has 0 amide bonds. The highest BCUT2D eigenvalue weighted by molar-refractivity contribution is 7.89. The lowest BCUT2D eigenvalue weighted by Gasteiger charge is -2.40. The van der Waals surface area contributed by atoms with Crippen LogP contribution in [0, 0.1) is 4.64 Å². The van der Waals surface area contributed by atoms with Gasteiger partial charge in [0.05, 0.1) is 68.0 Å². The summed E-state index contributed by atoms with van der Waals surface area (Å²) in [6, 6.07) is 4.98. The fourth-order valence-corrected chi connectivity index (χ4v) is 6.34. The molecule has 3 aromatic rings. The van der Waals surface area contributed by atoms with Gasteiger partial charge in [-0.15, -0.1) is 0 Å². The minimum absolute atomic E-state index is 0.227. The number of likely N-dealkylation sites (N-methyl/N-ethyl adjacent to an activating group) is 1. The number of piperazine rings is 1. The molecular weight excluding hydrogens is 484 g/mol. The van der Waals surface area contributed by atoms with Gasteiger partial charge in [-0.2, -0.15) is 9.40 Å². The van der Waals surface area contributed by atoms with E-state index in [4.69, 9.17) is 17.0 Å². The second-order valence-electron chi connectivity index (χ2n) is 9.31. The van der Waals surface area contributed by atoms with Gasteiger partial charge in [-0.3, -0.25) is 4.68 Å². The van der Waals surface area contributed by atoms with Crippen LogP contribution in [0.1, 0.15) is 32.9 Å². The van der Waals surface area contributed by atoms with E-state index in [1.165, 1.54) is 0 Å². The fourth-order valence-electron chi connectivity index (χ4n) is 4.57. The van der Waals surface area contributed by atoms with E-state index in [0.717, 1.165) is 53.7 Å². The van der Waals surface area contributed by atoms with Crippen molar-refractivity contribution in [2.75, 3.05) is 46.4 Å². The Morgan fingerprint density at radius 1 is 1.20 bits per heavy atom. The van der Waals surface area contributed by atoms with Gasteiger partial charge < -0.3 is 14.2 Å². The van der Waals surface area contributed by atoms with Crippen molar-refractivity contribution in [2.45, 2.75) is 38.5 Å². The van der Waals surface area contributed by atoms with E-state index in [-0.39, 0.29) is 4.90 Å². The Bertz CT molecular complexity index is 1390. The van der Waals surface area contributed by atoms with Gasteiger partial charge in [0.25, 0.3) is 0 Å². The van der Waals surface area contributed by atoms with E-state index < -0.39 is 10.0 Å². The van der Waals surface area contributed by atoms with Gasteiger partial charge in [0.1, 0.15) is 17.1 Å². The quantitative estimate of drug-likeness (QED) is 0.362. The van der Waals surface area contributed by atoms with Gasteiger partial charge in [-0.25, -0.2) is 13.4 Å². The Balaban J connectivity index is 1.80. The summed E-state index contributed by atoms with van der Waals surface area (Å²) in [4.78, 5) is 8.23. The lowest BCUT2D eigenvalue weighted by atomic mass is 10.1. The van der Waals surface area contributed by atoms with Crippen LogP contribution >= 0.6 is 12.2 Å². The predicted molar refractivity (Wildman–Crippen MR) is 140 cm³/mol. The monoisotopic (exact) mass is 519 g/mol. The molecule has 0 radical (unpaired) electrons. The van der Waals surface area contributed by atoms with Crippen molar-refractivity contribution in [3.63, 3.8) is 0 Å². The summed E-state index contributed by atoms with van der Waals surface area (Å²) < 4.78 is 37.6. The van der Waals surface area contributed by atoms with Crippen LogP contribution in [0.25, 0.3) is 22.4 Å². The molecule has 4 rings (SSSR count). The van der Waals surface area contributed by atoms with Crippen LogP contribution < -0.4 is 4.74 Å². The number of quaternary nitrogens is 1. The predicted octanol–water partition coefficient (Wildman–Crippen LogP) is 3.51. The van der Waals surface area contributed by atoms with E-state index in [1.807, 2.05) is 14.0 Å². The van der Waals surface area contributed by atoms with Gasteiger partial charge in [-0.05, 0) is 38.5 Å². The molecule has 0 saturated carbocycles. The number of H-pyrrole nitrogens is 1. The van der Waals surface area contributed by atoms with Crippen molar-refractivity contribution < 1.29 is 17.6 Å². The van der Waals surface area contributed by atoms with E-state index in [9.17, 15) is 8.42 Å². The van der Waals surface area contributed by atoms with Crippen molar-refractivity contribution in [3.05, 3.63) is 28.5 Å². The molecule has 0 unspecified atom stereocenters. The largest absolute Gasteiger partial charge is 0.493 e. The highest BCUT2D eigenvalue weighted by atomic mass is 32.2. The number of aromatic amines is 1. The number of ether oxygens (including phenoxy) is 1. The summed E-state index contributed by atoms with van der Waals surface area (Å²) in [6.07, 6.45) is 1.73. The second-order valence-corrected chi connectivity index (χ2v) is 11.6. The number of hydrogen-bond donors (Lipinski definition) is 1. The van der Waals surface area contributed by atoms with Crippen LogP contribution in [0.3, 0.4) is 0 Å². The van der Waals surface area contributed by atoms with Crippen LogP contribution in [0.15, 0.2) is 23.1 Å². The lowest BCUT2D eigenvalue weighted by molar-refractivity contribution is -0.911. The number of benzene rings is 1. The van der Waals surface area contributed by atoms with Crippen LogP contribution in [0.4, 0.5) is 0 Å². The van der Waals surface area contributed by atoms with Crippen LogP contribution in [0.2, 0.25) is 0 Å². The highest BCUT2D eigenvalue weighted by Gasteiger charge is 2.34. The standard InChI is InChI=1S/C24H34N6O3S2/c1-6-9-19-21-22(28(4)27-19)24(34)26-23(25-21)18-16-17(10-11-20(18)33-8-3)35(31,32)29-12-14-30(5,7-2)15-13-29/h10-11,16H,6-9,12-15H2,1-5H3/p+1. The van der Waals surface area contributed by atoms with Gasteiger partial charge in [-0.1, -0.05) is 25.6 Å². The Labute approximate surface area is 212 Å². The molecule has 1 aliphatic heterocycles. The van der Waals surface area contributed by atoms with Gasteiger partial charge >= 0.3 is 0 Å². The number of nitrogens with one attached hydrogen (secondary N) is 1. The van der Waals surface area contributed by atoms with Crippen molar-refractivity contribution in [1.29, 1.82) is 0 Å². The first-order chi connectivity index (χ1) is 16.6. The molecule has 0 atom stereocenters. The summed E-state index contributed by atoms with van der Waals surface area (Å²) in [5.41, 5.74) is 3.07. The number of aryl methyl sites for hydroxylation is 2. The molecule has 190 valence electrons. The number of fused-ring (bicyclic) bond motifs is 1. The van der Waals surface area contributed by atoms with Crippen molar-refractivity contribution in [2.24, 2.45) is 7.05 Å². The maximum absolute atomic E-state index is 13.6. The van der Waals surface area contributed by atoms with E-state index >= 15 is 0 Å². The smallest absolute Gasteiger partial charge is 0.243 e. The highest BCUT2D eigenvalue weighted by Crippen LogP contribution is 2.33. The van der Waals surface area contributed by atoms with E-state index in [0.29, 0.717) is 41.5 Å². The first kappa shape index (κ1) is 25.7. The average Bonchev–Trinajstić information content (AvgIpc) is 3.15. The molecular formula is C24H35N6O3S2+. The molecule has 1 aliphatic rings. The number of rotatable bonds is 8. The fraction of sp³-hybridized carbons (Fsp3) is 0.542. The molecule has 0 spiro atoms. The molecule has 1 aromatic carbocycles. The van der Waals surface area contributed by atoms with Gasteiger partial charge in [0.2, 0.25) is 10.0 Å². The number of hydrogen-bond acceptors (Lipinski definition) is 6. The Morgan fingerprint density at radius 3 is 2.54 bits per heavy atom. The molecule has 0 bridgehead atoms.